The number of fused-ring (bicyclic) bond motifs is 1. The van der Waals surface area contributed by atoms with Crippen molar-refractivity contribution >= 4 is 33.1 Å². The Morgan fingerprint density at radius 3 is 2.86 bits per heavy atom. The van der Waals surface area contributed by atoms with Gasteiger partial charge in [0.05, 0.1) is 4.92 Å². The van der Waals surface area contributed by atoms with Crippen molar-refractivity contribution in [1.29, 1.82) is 0 Å². The summed E-state index contributed by atoms with van der Waals surface area (Å²) in [6.07, 6.45) is 3.99. The van der Waals surface area contributed by atoms with Gasteiger partial charge in [-0.25, -0.2) is 4.98 Å². The highest BCUT2D eigenvalue weighted by Gasteiger charge is 2.16. The molecule has 21 heavy (non-hydrogen) atoms. The minimum absolute atomic E-state index is 0.00142. The van der Waals surface area contributed by atoms with Gasteiger partial charge in [-0.2, -0.15) is 0 Å². The summed E-state index contributed by atoms with van der Waals surface area (Å²) in [7, 11) is -0.823. The average molecular weight is 307 g/mol. The molecule has 2 unspecified atom stereocenters. The number of benzene rings is 1. The fraction of sp³-hybridized carbons (Fsp3) is 0.357. The highest BCUT2D eigenvalue weighted by molar-refractivity contribution is 7.84. The van der Waals surface area contributed by atoms with Crippen molar-refractivity contribution in [2.75, 3.05) is 17.3 Å². The van der Waals surface area contributed by atoms with E-state index in [1.807, 2.05) is 13.0 Å². The number of pyridine rings is 1. The first-order valence-corrected chi connectivity index (χ1v) is 8.30. The Morgan fingerprint density at radius 1 is 1.43 bits per heavy atom. The number of non-ortho nitro benzene ring substituents is 1. The van der Waals surface area contributed by atoms with E-state index in [2.05, 4.69) is 10.3 Å². The first kappa shape index (κ1) is 15.4. The minimum Gasteiger partial charge on any atom is -0.382 e. The molecule has 2 atom stereocenters. The first-order valence-electron chi connectivity index (χ1n) is 6.57. The Kier molecular flexibility index (Phi) is 4.85. The molecule has 2 aromatic rings. The zero-order valence-electron chi connectivity index (χ0n) is 11.9. The van der Waals surface area contributed by atoms with E-state index < -0.39 is 15.7 Å². The predicted octanol–water partition coefficient (Wildman–Crippen LogP) is 2.71. The van der Waals surface area contributed by atoms with E-state index in [0.717, 1.165) is 17.5 Å². The molecule has 0 amide bonds. The zero-order chi connectivity index (χ0) is 15.4. The Labute approximate surface area is 125 Å². The zero-order valence-corrected chi connectivity index (χ0v) is 12.7. The van der Waals surface area contributed by atoms with Crippen molar-refractivity contribution in [3.8, 4) is 0 Å². The van der Waals surface area contributed by atoms with E-state index in [1.54, 1.807) is 24.6 Å². The van der Waals surface area contributed by atoms with Gasteiger partial charge < -0.3 is 5.32 Å². The molecule has 112 valence electrons. The molecule has 1 heterocycles. The van der Waals surface area contributed by atoms with Crippen molar-refractivity contribution in [2.24, 2.45) is 0 Å². The number of nitrogens with zero attached hydrogens (tertiary/aromatic N) is 2. The standard InChI is InChI=1S/C14H17N3O3S/c1-10(7-9-21(2)20)16-12-5-6-13(17(18)19)14-11(12)4-3-8-15-14/h3-6,8,10,16H,7,9H2,1-2H3. The number of hydrogen-bond donors (Lipinski definition) is 1. The summed E-state index contributed by atoms with van der Waals surface area (Å²) in [5.41, 5.74) is 1.18. The third-order valence-electron chi connectivity index (χ3n) is 3.19. The molecule has 0 aliphatic rings. The van der Waals surface area contributed by atoms with Crippen molar-refractivity contribution < 1.29 is 9.13 Å². The average Bonchev–Trinajstić information content (AvgIpc) is 2.45. The maximum Gasteiger partial charge on any atom is 0.295 e. The van der Waals surface area contributed by atoms with Gasteiger partial charge in [0.1, 0.15) is 5.52 Å². The molecule has 0 aliphatic carbocycles. The normalized spacial score (nSPS) is 13.8. The lowest BCUT2D eigenvalue weighted by Crippen LogP contribution is -2.18. The molecular weight excluding hydrogens is 290 g/mol. The van der Waals surface area contributed by atoms with Crippen LogP contribution in [0.2, 0.25) is 0 Å². The molecular formula is C14H17N3O3S. The smallest absolute Gasteiger partial charge is 0.295 e. The Hall–Kier alpha value is -2.02. The second kappa shape index (κ2) is 6.62. The number of nitrogens with one attached hydrogen (secondary N) is 1. The SMILES string of the molecule is CC(CCS(C)=O)Nc1ccc([N+](=O)[O-])c2ncccc12. The number of hydrogen-bond acceptors (Lipinski definition) is 5. The van der Waals surface area contributed by atoms with Crippen LogP contribution in [0.5, 0.6) is 0 Å². The molecule has 0 aliphatic heterocycles. The third-order valence-corrected chi connectivity index (χ3v) is 4.00. The van der Waals surface area contributed by atoms with Gasteiger partial charge in [-0.1, -0.05) is 0 Å². The van der Waals surface area contributed by atoms with Crippen LogP contribution in [-0.2, 0) is 10.8 Å². The van der Waals surface area contributed by atoms with Crippen molar-refractivity contribution in [1.82, 2.24) is 4.98 Å². The molecule has 0 spiro atoms. The van der Waals surface area contributed by atoms with Crippen molar-refractivity contribution in [3.05, 3.63) is 40.6 Å². The predicted molar refractivity (Wildman–Crippen MR) is 85.0 cm³/mol. The number of nitro groups is 1. The molecule has 0 bridgehead atoms. The molecule has 1 aromatic carbocycles. The lowest BCUT2D eigenvalue weighted by Gasteiger charge is -2.16. The number of anilines is 1. The van der Waals surface area contributed by atoms with Gasteiger partial charge in [-0.3, -0.25) is 14.3 Å². The summed E-state index contributed by atoms with van der Waals surface area (Å²) < 4.78 is 11.1. The quantitative estimate of drug-likeness (QED) is 0.655. The van der Waals surface area contributed by atoms with E-state index >= 15 is 0 Å². The largest absolute Gasteiger partial charge is 0.382 e. The molecule has 1 N–H and O–H groups in total. The molecule has 6 nitrogen and oxygen atoms in total. The summed E-state index contributed by atoms with van der Waals surface area (Å²) in [6.45, 7) is 2.00. The minimum atomic E-state index is -0.823. The Balaban J connectivity index is 2.31. The van der Waals surface area contributed by atoms with Crippen molar-refractivity contribution in [3.63, 3.8) is 0 Å². The molecule has 0 saturated carbocycles. The van der Waals surface area contributed by atoms with Crippen LogP contribution in [0.1, 0.15) is 13.3 Å². The number of aromatic nitrogens is 1. The molecule has 7 heteroatoms. The summed E-state index contributed by atoms with van der Waals surface area (Å²) in [6, 6.07) is 6.84. The van der Waals surface area contributed by atoms with Crippen LogP contribution in [0.25, 0.3) is 10.9 Å². The molecule has 0 radical (unpaired) electrons. The third kappa shape index (κ3) is 3.75. The van der Waals surface area contributed by atoms with Crippen LogP contribution in [0.15, 0.2) is 30.5 Å². The van der Waals surface area contributed by atoms with Crippen LogP contribution in [0.4, 0.5) is 11.4 Å². The summed E-state index contributed by atoms with van der Waals surface area (Å²) >= 11 is 0. The fourth-order valence-electron chi connectivity index (χ4n) is 2.11. The molecule has 1 aromatic heterocycles. The van der Waals surface area contributed by atoms with E-state index in [4.69, 9.17) is 0 Å². The second-order valence-corrected chi connectivity index (χ2v) is 6.45. The number of rotatable bonds is 6. The van der Waals surface area contributed by atoms with Crippen LogP contribution >= 0.6 is 0 Å². The van der Waals surface area contributed by atoms with E-state index in [0.29, 0.717) is 11.3 Å². The van der Waals surface area contributed by atoms with Gasteiger partial charge in [0.15, 0.2) is 0 Å². The van der Waals surface area contributed by atoms with E-state index in [-0.39, 0.29) is 11.7 Å². The summed E-state index contributed by atoms with van der Waals surface area (Å²) in [5.74, 6) is 0.622. The second-order valence-electron chi connectivity index (χ2n) is 4.90. The first-order chi connectivity index (χ1) is 9.99. The van der Waals surface area contributed by atoms with Gasteiger partial charge in [0.25, 0.3) is 5.69 Å². The van der Waals surface area contributed by atoms with Crippen LogP contribution in [0, 0.1) is 10.1 Å². The maximum atomic E-state index is 11.1. The van der Waals surface area contributed by atoms with E-state index in [9.17, 15) is 14.3 Å². The molecule has 0 saturated heterocycles. The van der Waals surface area contributed by atoms with Gasteiger partial charge in [-0.15, -0.1) is 0 Å². The Morgan fingerprint density at radius 2 is 2.19 bits per heavy atom. The monoisotopic (exact) mass is 307 g/mol. The van der Waals surface area contributed by atoms with Gasteiger partial charge in [0.2, 0.25) is 0 Å². The highest BCUT2D eigenvalue weighted by atomic mass is 32.2. The topological polar surface area (TPSA) is 85.1 Å². The molecule has 0 fully saturated rings. The number of nitro benzene ring substituents is 1. The highest BCUT2D eigenvalue weighted by Crippen LogP contribution is 2.30. The van der Waals surface area contributed by atoms with Gasteiger partial charge in [-0.05, 0) is 31.5 Å². The molecule has 2 rings (SSSR count). The van der Waals surface area contributed by atoms with Crippen LogP contribution in [-0.4, -0.2) is 32.2 Å². The lowest BCUT2D eigenvalue weighted by molar-refractivity contribution is -0.383. The lowest BCUT2D eigenvalue weighted by atomic mass is 10.1. The fourth-order valence-corrected chi connectivity index (χ4v) is 2.80. The van der Waals surface area contributed by atoms with Crippen molar-refractivity contribution in [2.45, 2.75) is 19.4 Å². The Bertz CT molecular complexity index is 690. The van der Waals surface area contributed by atoms with Gasteiger partial charge >= 0.3 is 0 Å². The van der Waals surface area contributed by atoms with E-state index in [1.165, 1.54) is 6.07 Å². The van der Waals surface area contributed by atoms with Crippen LogP contribution < -0.4 is 5.32 Å². The summed E-state index contributed by atoms with van der Waals surface area (Å²) in [4.78, 5) is 14.7. The summed E-state index contributed by atoms with van der Waals surface area (Å²) in [5, 5.41) is 15.1. The van der Waals surface area contributed by atoms with Crippen LogP contribution in [0.3, 0.4) is 0 Å². The maximum absolute atomic E-state index is 11.1. The van der Waals surface area contributed by atoms with Gasteiger partial charge in [0, 0.05) is 52.2 Å².